The van der Waals surface area contributed by atoms with Gasteiger partial charge < -0.3 is 15.4 Å². The van der Waals surface area contributed by atoms with E-state index in [1.165, 1.54) is 0 Å². The first-order valence-electron chi connectivity index (χ1n) is 7.44. The maximum Gasteiger partial charge on any atom is 0.242 e. The van der Waals surface area contributed by atoms with Crippen LogP contribution in [-0.2, 0) is 4.79 Å². The van der Waals surface area contributed by atoms with Gasteiger partial charge in [0.25, 0.3) is 0 Å². The Kier molecular flexibility index (Phi) is 5.48. The molecule has 1 amide bonds. The number of halogens is 1. The van der Waals surface area contributed by atoms with E-state index < -0.39 is 5.54 Å². The van der Waals surface area contributed by atoms with Crippen LogP contribution in [0.5, 0.6) is 5.75 Å². The molecule has 1 aliphatic rings. The van der Waals surface area contributed by atoms with Crippen molar-refractivity contribution in [3.63, 3.8) is 0 Å². The molecule has 0 heterocycles. The van der Waals surface area contributed by atoms with Crippen LogP contribution in [0.3, 0.4) is 0 Å². The average molecular weight is 311 g/mol. The van der Waals surface area contributed by atoms with Crippen molar-refractivity contribution in [2.24, 2.45) is 5.73 Å². The molecule has 0 atom stereocenters. The summed E-state index contributed by atoms with van der Waals surface area (Å²) in [7, 11) is 1.82. The normalized spacial score (nSPS) is 16.7. The third kappa shape index (κ3) is 4.35. The summed E-state index contributed by atoms with van der Waals surface area (Å²) in [5.74, 6) is 0.853. The fraction of sp³-hybridized carbons (Fsp3) is 0.562. The monoisotopic (exact) mass is 310 g/mol. The van der Waals surface area contributed by atoms with Crippen molar-refractivity contribution >= 4 is 17.5 Å². The van der Waals surface area contributed by atoms with Crippen molar-refractivity contribution in [2.45, 2.75) is 37.6 Å². The number of benzene rings is 1. The van der Waals surface area contributed by atoms with Crippen LogP contribution in [0, 0.1) is 0 Å². The quantitative estimate of drug-likeness (QED) is 0.822. The van der Waals surface area contributed by atoms with Crippen molar-refractivity contribution < 1.29 is 9.53 Å². The van der Waals surface area contributed by atoms with Crippen LogP contribution in [0.25, 0.3) is 0 Å². The molecule has 0 unspecified atom stereocenters. The molecule has 1 aromatic carbocycles. The predicted molar refractivity (Wildman–Crippen MR) is 84.6 cm³/mol. The first kappa shape index (κ1) is 16.1. The fourth-order valence-corrected chi connectivity index (χ4v) is 2.85. The minimum Gasteiger partial charge on any atom is -0.494 e. The molecule has 0 saturated heterocycles. The number of amides is 1. The Morgan fingerprint density at radius 3 is 2.57 bits per heavy atom. The molecule has 1 saturated carbocycles. The highest BCUT2D eigenvalue weighted by Crippen LogP contribution is 2.28. The molecule has 4 nitrogen and oxygen atoms in total. The summed E-state index contributed by atoms with van der Waals surface area (Å²) < 4.78 is 5.61. The van der Waals surface area contributed by atoms with Crippen molar-refractivity contribution in [1.82, 2.24) is 4.90 Å². The van der Waals surface area contributed by atoms with Gasteiger partial charge in [-0.05, 0) is 43.5 Å². The molecule has 1 fully saturated rings. The molecular weight excluding hydrogens is 288 g/mol. The molecule has 21 heavy (non-hydrogen) atoms. The molecule has 1 aromatic rings. The summed E-state index contributed by atoms with van der Waals surface area (Å²) in [6.07, 6.45) is 4.49. The van der Waals surface area contributed by atoms with E-state index in [0.717, 1.165) is 37.9 Å². The molecule has 0 spiro atoms. The van der Waals surface area contributed by atoms with E-state index in [1.807, 2.05) is 19.2 Å². The van der Waals surface area contributed by atoms with E-state index in [-0.39, 0.29) is 5.91 Å². The zero-order chi connectivity index (χ0) is 15.3. The smallest absolute Gasteiger partial charge is 0.242 e. The van der Waals surface area contributed by atoms with E-state index in [2.05, 4.69) is 0 Å². The maximum atomic E-state index is 12.3. The van der Waals surface area contributed by atoms with E-state index in [4.69, 9.17) is 22.1 Å². The molecule has 0 aromatic heterocycles. The van der Waals surface area contributed by atoms with Crippen LogP contribution in [0.2, 0.25) is 5.02 Å². The predicted octanol–water partition coefficient (Wildman–Crippen LogP) is 2.84. The van der Waals surface area contributed by atoms with Gasteiger partial charge in [0, 0.05) is 18.6 Å². The Balaban J connectivity index is 1.70. The zero-order valence-corrected chi connectivity index (χ0v) is 13.2. The van der Waals surface area contributed by atoms with E-state index in [9.17, 15) is 4.79 Å². The van der Waals surface area contributed by atoms with Crippen molar-refractivity contribution in [2.75, 3.05) is 20.2 Å². The minimum absolute atomic E-state index is 0.0616. The SMILES string of the molecule is CN(CCCOc1ccc(Cl)cc1)C(=O)C1(N)CCCC1. The van der Waals surface area contributed by atoms with Gasteiger partial charge in [-0.25, -0.2) is 0 Å². The molecule has 0 aliphatic heterocycles. The first-order valence-corrected chi connectivity index (χ1v) is 7.82. The van der Waals surface area contributed by atoms with Gasteiger partial charge in [-0.3, -0.25) is 4.79 Å². The van der Waals surface area contributed by atoms with Crippen LogP contribution >= 0.6 is 11.6 Å². The van der Waals surface area contributed by atoms with Gasteiger partial charge in [0.2, 0.25) is 5.91 Å². The number of hydrogen-bond acceptors (Lipinski definition) is 3. The molecule has 0 radical (unpaired) electrons. The second-order valence-corrected chi connectivity index (χ2v) is 6.18. The first-order chi connectivity index (χ1) is 10.0. The van der Waals surface area contributed by atoms with Crippen molar-refractivity contribution in [3.05, 3.63) is 29.3 Å². The lowest BCUT2D eigenvalue weighted by Crippen LogP contribution is -2.52. The van der Waals surface area contributed by atoms with Crippen molar-refractivity contribution in [3.8, 4) is 5.75 Å². The van der Waals surface area contributed by atoms with Crippen LogP contribution < -0.4 is 10.5 Å². The standard InChI is InChI=1S/C16H23ClN2O2/c1-19(15(20)16(18)9-2-3-10-16)11-4-12-21-14-7-5-13(17)6-8-14/h5-8H,2-4,9-12,18H2,1H3. The third-order valence-electron chi connectivity index (χ3n) is 3.99. The topological polar surface area (TPSA) is 55.6 Å². The lowest BCUT2D eigenvalue weighted by atomic mass is 9.97. The maximum absolute atomic E-state index is 12.3. The second kappa shape index (κ2) is 7.14. The molecule has 5 heteroatoms. The number of carbonyl (C=O) groups is 1. The minimum atomic E-state index is -0.633. The number of likely N-dealkylation sites (N-methyl/N-ethyl adjacent to an activating group) is 1. The summed E-state index contributed by atoms with van der Waals surface area (Å²) in [6.45, 7) is 1.22. The van der Waals surface area contributed by atoms with Gasteiger partial charge in [-0.2, -0.15) is 0 Å². The molecule has 0 bridgehead atoms. The van der Waals surface area contributed by atoms with Gasteiger partial charge in [0.1, 0.15) is 5.75 Å². The Labute approximate surface area is 131 Å². The molecular formula is C16H23ClN2O2. The number of rotatable bonds is 6. The number of nitrogens with two attached hydrogens (primary N) is 1. The summed E-state index contributed by atoms with van der Waals surface area (Å²) >= 11 is 5.81. The van der Waals surface area contributed by atoms with Crippen molar-refractivity contribution in [1.29, 1.82) is 0 Å². The number of hydrogen-bond donors (Lipinski definition) is 1. The highest BCUT2D eigenvalue weighted by molar-refractivity contribution is 6.30. The molecule has 116 valence electrons. The zero-order valence-electron chi connectivity index (χ0n) is 12.5. The largest absolute Gasteiger partial charge is 0.494 e. The Hall–Kier alpha value is -1.26. The van der Waals surface area contributed by atoms with Gasteiger partial charge in [0.15, 0.2) is 0 Å². The van der Waals surface area contributed by atoms with Crippen LogP contribution in [0.4, 0.5) is 0 Å². The summed E-state index contributed by atoms with van der Waals surface area (Å²) in [6, 6.07) is 7.27. The highest BCUT2D eigenvalue weighted by Gasteiger charge is 2.38. The Bertz CT molecular complexity index is 470. The van der Waals surface area contributed by atoms with Gasteiger partial charge in [-0.15, -0.1) is 0 Å². The van der Waals surface area contributed by atoms with Gasteiger partial charge >= 0.3 is 0 Å². The summed E-state index contributed by atoms with van der Waals surface area (Å²) in [4.78, 5) is 14.0. The summed E-state index contributed by atoms with van der Waals surface area (Å²) in [5.41, 5.74) is 5.54. The van der Waals surface area contributed by atoms with Crippen LogP contribution in [0.1, 0.15) is 32.1 Å². The van der Waals surface area contributed by atoms with E-state index in [1.54, 1.807) is 17.0 Å². The van der Waals surface area contributed by atoms with Crippen LogP contribution in [0.15, 0.2) is 24.3 Å². The van der Waals surface area contributed by atoms with Gasteiger partial charge in [0.05, 0.1) is 12.1 Å². The summed E-state index contributed by atoms with van der Waals surface area (Å²) in [5, 5.41) is 0.692. The Morgan fingerprint density at radius 1 is 1.33 bits per heavy atom. The average Bonchev–Trinajstić information content (AvgIpc) is 2.92. The molecule has 1 aliphatic carbocycles. The lowest BCUT2D eigenvalue weighted by molar-refractivity contribution is -0.135. The number of nitrogens with zero attached hydrogens (tertiary/aromatic N) is 1. The van der Waals surface area contributed by atoms with Crippen LogP contribution in [-0.4, -0.2) is 36.5 Å². The second-order valence-electron chi connectivity index (χ2n) is 5.75. The highest BCUT2D eigenvalue weighted by atomic mass is 35.5. The molecule has 2 rings (SSSR count). The third-order valence-corrected chi connectivity index (χ3v) is 4.24. The van der Waals surface area contributed by atoms with Gasteiger partial charge in [-0.1, -0.05) is 24.4 Å². The number of ether oxygens (including phenoxy) is 1. The Morgan fingerprint density at radius 2 is 1.95 bits per heavy atom. The van der Waals surface area contributed by atoms with E-state index >= 15 is 0 Å². The molecule has 2 N–H and O–H groups in total. The fourth-order valence-electron chi connectivity index (χ4n) is 2.72. The van der Waals surface area contributed by atoms with E-state index in [0.29, 0.717) is 18.2 Å². The number of carbonyl (C=O) groups excluding carboxylic acids is 1. The lowest BCUT2D eigenvalue weighted by Gasteiger charge is -2.28.